The lowest BCUT2D eigenvalue weighted by Gasteiger charge is -2.31. The summed E-state index contributed by atoms with van der Waals surface area (Å²) < 4.78 is 42.2. The zero-order valence-electron chi connectivity index (χ0n) is 12.5. The van der Waals surface area contributed by atoms with Crippen LogP contribution in [0.3, 0.4) is 0 Å². The summed E-state index contributed by atoms with van der Waals surface area (Å²) in [5.74, 6) is -0.239. The number of piperidine rings is 1. The first-order valence-corrected chi connectivity index (χ1v) is 7.36. The minimum Gasteiger partial charge on any atom is -0.462 e. The average Bonchev–Trinajstić information content (AvgIpc) is 2.45. The molecule has 0 radical (unpaired) electrons. The largest absolute Gasteiger partial charge is 0.462 e. The predicted octanol–water partition coefficient (Wildman–Crippen LogP) is 3.43. The number of carbonyl (C=O) groups excluding carboxylic acids is 1. The van der Waals surface area contributed by atoms with Gasteiger partial charge in [-0.3, -0.25) is 4.90 Å². The van der Waals surface area contributed by atoms with Gasteiger partial charge in [0.25, 0.3) is 0 Å². The number of hydrogen-bond donors (Lipinski definition) is 0. The van der Waals surface area contributed by atoms with Crippen LogP contribution in [0.1, 0.15) is 28.8 Å². The third-order valence-electron chi connectivity index (χ3n) is 3.85. The summed E-state index contributed by atoms with van der Waals surface area (Å²) in [4.78, 5) is 13.3. The van der Waals surface area contributed by atoms with E-state index in [4.69, 9.17) is 4.74 Å². The second-order valence-corrected chi connectivity index (χ2v) is 5.80. The average molecular weight is 315 g/mol. The van der Waals surface area contributed by atoms with Crippen LogP contribution < -0.4 is 0 Å². The summed E-state index contributed by atoms with van der Waals surface area (Å²) in [5, 5.41) is 0. The number of rotatable bonds is 4. The van der Waals surface area contributed by atoms with Crippen LogP contribution >= 0.6 is 0 Å². The molecule has 0 N–H and O–H groups in total. The third-order valence-corrected chi connectivity index (χ3v) is 3.85. The Morgan fingerprint density at radius 3 is 2.36 bits per heavy atom. The highest BCUT2D eigenvalue weighted by Gasteiger charge is 2.32. The Kier molecular flexibility index (Phi) is 5.45. The summed E-state index contributed by atoms with van der Waals surface area (Å²) in [7, 11) is 0. The fraction of sp³-hybridized carbons (Fsp3) is 0.562. The molecule has 1 aliphatic rings. The van der Waals surface area contributed by atoms with Crippen molar-refractivity contribution in [2.24, 2.45) is 5.92 Å². The normalized spacial score (nSPS) is 17.5. The molecule has 1 aromatic rings. The van der Waals surface area contributed by atoms with Crippen molar-refractivity contribution >= 4 is 5.97 Å². The number of ether oxygens (including phenoxy) is 1. The van der Waals surface area contributed by atoms with Crippen LogP contribution in [0.4, 0.5) is 13.2 Å². The molecule has 0 saturated carbocycles. The van der Waals surface area contributed by atoms with E-state index < -0.39 is 12.7 Å². The maximum atomic E-state index is 12.3. The van der Waals surface area contributed by atoms with Gasteiger partial charge in [0.1, 0.15) is 0 Å². The van der Waals surface area contributed by atoms with Crippen LogP contribution in [0.2, 0.25) is 0 Å². The number of nitrogens with zero attached hydrogens (tertiary/aromatic N) is 1. The lowest BCUT2D eigenvalue weighted by atomic mass is 9.98. The Bertz CT molecular complexity index is 491. The van der Waals surface area contributed by atoms with Crippen LogP contribution in [0.15, 0.2) is 24.3 Å². The fourth-order valence-corrected chi connectivity index (χ4v) is 2.53. The zero-order valence-corrected chi connectivity index (χ0v) is 12.5. The van der Waals surface area contributed by atoms with E-state index in [9.17, 15) is 18.0 Å². The van der Waals surface area contributed by atoms with Crippen LogP contribution in [0.5, 0.6) is 0 Å². The number of alkyl halides is 3. The SMILES string of the molecule is Cc1ccc(C(=O)OCC2CCN(CC(F)(F)F)CC2)cc1. The van der Waals surface area contributed by atoms with E-state index in [0.717, 1.165) is 5.56 Å². The molecule has 0 aromatic heterocycles. The molecular weight excluding hydrogens is 295 g/mol. The maximum absolute atomic E-state index is 12.3. The standard InChI is InChI=1S/C16H20F3NO2/c1-12-2-4-14(5-3-12)15(21)22-10-13-6-8-20(9-7-13)11-16(17,18)19/h2-5,13H,6-11H2,1H3. The number of halogens is 3. The van der Waals surface area contributed by atoms with Crippen molar-refractivity contribution in [3.63, 3.8) is 0 Å². The van der Waals surface area contributed by atoms with E-state index in [1.165, 1.54) is 4.90 Å². The van der Waals surface area contributed by atoms with Crippen molar-refractivity contribution in [2.75, 3.05) is 26.2 Å². The van der Waals surface area contributed by atoms with Gasteiger partial charge in [0.2, 0.25) is 0 Å². The number of benzene rings is 1. The van der Waals surface area contributed by atoms with Crippen LogP contribution in [0, 0.1) is 12.8 Å². The van der Waals surface area contributed by atoms with Gasteiger partial charge in [0.05, 0.1) is 18.7 Å². The van der Waals surface area contributed by atoms with Crippen LogP contribution in [0.25, 0.3) is 0 Å². The molecule has 122 valence electrons. The van der Waals surface area contributed by atoms with E-state index in [1.807, 2.05) is 19.1 Å². The first-order valence-electron chi connectivity index (χ1n) is 7.36. The first kappa shape index (κ1) is 16.8. The maximum Gasteiger partial charge on any atom is 0.401 e. The molecule has 0 bridgehead atoms. The quantitative estimate of drug-likeness (QED) is 0.797. The van der Waals surface area contributed by atoms with Gasteiger partial charge < -0.3 is 4.74 Å². The van der Waals surface area contributed by atoms with Crippen molar-refractivity contribution < 1.29 is 22.7 Å². The van der Waals surface area contributed by atoms with Gasteiger partial charge in [-0.25, -0.2) is 4.79 Å². The van der Waals surface area contributed by atoms with Crippen LogP contribution in [-0.2, 0) is 4.74 Å². The van der Waals surface area contributed by atoms with Gasteiger partial charge in [-0.1, -0.05) is 17.7 Å². The molecule has 6 heteroatoms. The minimum absolute atomic E-state index is 0.138. The van der Waals surface area contributed by atoms with Gasteiger partial charge in [-0.2, -0.15) is 13.2 Å². The van der Waals surface area contributed by atoms with Gasteiger partial charge in [-0.15, -0.1) is 0 Å². The monoisotopic (exact) mass is 315 g/mol. The molecule has 1 heterocycles. The van der Waals surface area contributed by atoms with Gasteiger partial charge in [0, 0.05) is 0 Å². The van der Waals surface area contributed by atoms with Crippen molar-refractivity contribution in [3.8, 4) is 0 Å². The van der Waals surface area contributed by atoms with E-state index in [2.05, 4.69) is 0 Å². The summed E-state index contributed by atoms with van der Waals surface area (Å²) >= 11 is 0. The summed E-state index contributed by atoms with van der Waals surface area (Å²) in [6.45, 7) is 2.14. The zero-order chi connectivity index (χ0) is 16.2. The molecule has 2 rings (SSSR count). The van der Waals surface area contributed by atoms with E-state index >= 15 is 0 Å². The molecule has 0 amide bonds. The molecule has 22 heavy (non-hydrogen) atoms. The van der Waals surface area contributed by atoms with Crippen molar-refractivity contribution in [1.82, 2.24) is 4.90 Å². The van der Waals surface area contributed by atoms with Crippen molar-refractivity contribution in [2.45, 2.75) is 25.9 Å². The second-order valence-electron chi connectivity index (χ2n) is 5.80. The molecule has 0 aliphatic carbocycles. The Morgan fingerprint density at radius 2 is 1.82 bits per heavy atom. The fourth-order valence-electron chi connectivity index (χ4n) is 2.53. The van der Waals surface area contributed by atoms with Crippen LogP contribution in [-0.4, -0.2) is 43.3 Å². The minimum atomic E-state index is -4.15. The molecule has 1 fully saturated rings. The number of hydrogen-bond acceptors (Lipinski definition) is 3. The number of likely N-dealkylation sites (tertiary alicyclic amines) is 1. The lowest BCUT2D eigenvalue weighted by Crippen LogP contribution is -2.40. The summed E-state index contributed by atoms with van der Waals surface area (Å²) in [5.41, 5.74) is 1.56. The lowest BCUT2D eigenvalue weighted by molar-refractivity contribution is -0.148. The highest BCUT2D eigenvalue weighted by molar-refractivity contribution is 5.89. The highest BCUT2D eigenvalue weighted by Crippen LogP contribution is 2.22. The Morgan fingerprint density at radius 1 is 1.23 bits per heavy atom. The smallest absolute Gasteiger partial charge is 0.401 e. The predicted molar refractivity (Wildman–Crippen MR) is 76.7 cm³/mol. The second kappa shape index (κ2) is 7.13. The molecule has 0 spiro atoms. The van der Waals surface area contributed by atoms with E-state index in [1.54, 1.807) is 12.1 Å². The molecule has 0 atom stereocenters. The molecule has 1 saturated heterocycles. The highest BCUT2D eigenvalue weighted by atomic mass is 19.4. The van der Waals surface area contributed by atoms with Gasteiger partial charge in [0.15, 0.2) is 0 Å². The van der Waals surface area contributed by atoms with Gasteiger partial charge >= 0.3 is 12.1 Å². The third kappa shape index (κ3) is 5.33. The number of carbonyl (C=O) groups is 1. The Hall–Kier alpha value is -1.56. The van der Waals surface area contributed by atoms with E-state index in [-0.39, 0.29) is 18.5 Å². The van der Waals surface area contributed by atoms with Crippen molar-refractivity contribution in [3.05, 3.63) is 35.4 Å². The Balaban J connectivity index is 1.72. The number of aryl methyl sites for hydroxylation is 1. The molecule has 1 aliphatic heterocycles. The summed E-state index contributed by atoms with van der Waals surface area (Å²) in [6.07, 6.45) is -2.90. The van der Waals surface area contributed by atoms with E-state index in [0.29, 0.717) is 31.5 Å². The van der Waals surface area contributed by atoms with Crippen molar-refractivity contribution in [1.29, 1.82) is 0 Å². The molecule has 3 nitrogen and oxygen atoms in total. The first-order chi connectivity index (χ1) is 10.3. The molecular formula is C16H20F3NO2. The molecule has 1 aromatic carbocycles. The summed E-state index contributed by atoms with van der Waals surface area (Å²) in [6, 6.07) is 7.10. The Labute approximate surface area is 128 Å². The van der Waals surface area contributed by atoms with Gasteiger partial charge in [-0.05, 0) is 50.9 Å². The molecule has 0 unspecified atom stereocenters. The topological polar surface area (TPSA) is 29.5 Å². The number of esters is 1.